The van der Waals surface area contributed by atoms with Crippen molar-refractivity contribution in [1.29, 1.82) is 0 Å². The van der Waals surface area contributed by atoms with E-state index in [0.717, 1.165) is 17.8 Å². The second-order valence-electron chi connectivity index (χ2n) is 6.90. The maximum atomic E-state index is 12.9. The summed E-state index contributed by atoms with van der Waals surface area (Å²) >= 11 is 1.38. The summed E-state index contributed by atoms with van der Waals surface area (Å²) < 4.78 is 0. The monoisotopic (exact) mass is 406 g/mol. The molecule has 148 valence electrons. The largest absolute Gasteiger partial charge is 0.357 e. The lowest BCUT2D eigenvalue weighted by Crippen LogP contribution is -2.31. The molecule has 1 fully saturated rings. The molecule has 2 aliphatic rings. The number of rotatable bonds is 5. The topological polar surface area (TPSA) is 73.8 Å². The van der Waals surface area contributed by atoms with Crippen LogP contribution in [0.2, 0.25) is 0 Å². The van der Waals surface area contributed by atoms with Crippen molar-refractivity contribution in [2.45, 2.75) is 25.8 Å². The number of anilines is 2. The van der Waals surface area contributed by atoms with Gasteiger partial charge in [-0.2, -0.15) is 10.1 Å². The van der Waals surface area contributed by atoms with Gasteiger partial charge in [-0.05, 0) is 49.2 Å². The standard InChI is InChI=1S/C22H22N4O2S/c1-3-15-9-11-16(12-10-15)23-22-24-20(27)19(29-22)13-18-14(2)25-26(21(18)28)17-7-5-4-6-8-17/h4-13,18,22-23H,3H2,1-2H3,(H,24,27)/b19-13-/t18-,22+/m0/s1. The summed E-state index contributed by atoms with van der Waals surface area (Å²) in [7, 11) is 0. The second-order valence-corrected chi connectivity index (χ2v) is 8.05. The number of thioether (sulfide) groups is 1. The van der Waals surface area contributed by atoms with Gasteiger partial charge in [0.1, 0.15) is 0 Å². The molecule has 0 bridgehead atoms. The molecule has 2 aliphatic heterocycles. The van der Waals surface area contributed by atoms with Crippen molar-refractivity contribution in [1.82, 2.24) is 5.32 Å². The van der Waals surface area contributed by atoms with Crippen molar-refractivity contribution in [2.24, 2.45) is 11.0 Å². The number of aryl methyl sites for hydroxylation is 1. The van der Waals surface area contributed by atoms with Crippen LogP contribution in [0.15, 0.2) is 70.7 Å². The Kier molecular flexibility index (Phi) is 5.40. The van der Waals surface area contributed by atoms with Gasteiger partial charge in [0.2, 0.25) is 0 Å². The molecule has 0 unspecified atom stereocenters. The van der Waals surface area contributed by atoms with Crippen LogP contribution >= 0.6 is 11.8 Å². The molecule has 0 radical (unpaired) electrons. The minimum Gasteiger partial charge on any atom is -0.357 e. The summed E-state index contributed by atoms with van der Waals surface area (Å²) in [4.78, 5) is 25.8. The number of nitrogens with one attached hydrogen (secondary N) is 2. The fraction of sp³-hybridized carbons (Fsp3) is 0.227. The molecular weight excluding hydrogens is 384 g/mol. The van der Waals surface area contributed by atoms with Crippen LogP contribution in [0.1, 0.15) is 19.4 Å². The molecule has 1 saturated heterocycles. The van der Waals surface area contributed by atoms with Crippen LogP contribution in [0.4, 0.5) is 11.4 Å². The van der Waals surface area contributed by atoms with E-state index in [-0.39, 0.29) is 17.3 Å². The van der Waals surface area contributed by atoms with Crippen LogP contribution in [0.25, 0.3) is 0 Å². The molecule has 2 aromatic rings. The van der Waals surface area contributed by atoms with Crippen LogP contribution < -0.4 is 15.6 Å². The molecule has 2 N–H and O–H groups in total. The zero-order chi connectivity index (χ0) is 20.4. The Bertz CT molecular complexity index is 986. The Hall–Kier alpha value is -3.06. The van der Waals surface area contributed by atoms with Crippen molar-refractivity contribution in [2.75, 3.05) is 10.3 Å². The molecule has 0 aliphatic carbocycles. The molecule has 2 aromatic carbocycles. The number of hydrogen-bond donors (Lipinski definition) is 2. The molecule has 0 spiro atoms. The maximum absolute atomic E-state index is 12.9. The minimum absolute atomic E-state index is 0.152. The van der Waals surface area contributed by atoms with Gasteiger partial charge in [-0.1, -0.05) is 49.0 Å². The summed E-state index contributed by atoms with van der Waals surface area (Å²) in [5.41, 5.74) is 3.31. The SMILES string of the molecule is CCc1ccc(N[C@@H]2NC(=O)/C(=C/[C@@H]3C(=O)N(c4ccccc4)N=C3C)S2)cc1. The van der Waals surface area contributed by atoms with E-state index in [9.17, 15) is 9.59 Å². The lowest BCUT2D eigenvalue weighted by atomic mass is 10.0. The fourth-order valence-corrected chi connectivity index (χ4v) is 4.24. The molecule has 2 heterocycles. The third-order valence-electron chi connectivity index (χ3n) is 4.89. The number of nitrogens with zero attached hydrogens (tertiary/aromatic N) is 2. The summed E-state index contributed by atoms with van der Waals surface area (Å²) in [5, 5.41) is 12.0. The Morgan fingerprint density at radius 3 is 2.55 bits per heavy atom. The number of benzene rings is 2. The smallest absolute Gasteiger partial charge is 0.260 e. The van der Waals surface area contributed by atoms with Crippen LogP contribution in [0, 0.1) is 5.92 Å². The predicted octanol–water partition coefficient (Wildman–Crippen LogP) is 3.73. The highest BCUT2D eigenvalue weighted by molar-refractivity contribution is 8.05. The van der Waals surface area contributed by atoms with Gasteiger partial charge in [0.15, 0.2) is 5.50 Å². The molecule has 2 atom stereocenters. The average molecular weight is 407 g/mol. The summed E-state index contributed by atoms with van der Waals surface area (Å²) in [6, 6.07) is 17.4. The van der Waals surface area contributed by atoms with Crippen molar-refractivity contribution in [3.05, 3.63) is 71.1 Å². The van der Waals surface area contributed by atoms with Gasteiger partial charge in [-0.15, -0.1) is 0 Å². The van der Waals surface area contributed by atoms with Crippen molar-refractivity contribution in [3.63, 3.8) is 0 Å². The Morgan fingerprint density at radius 1 is 1.14 bits per heavy atom. The molecule has 6 nitrogen and oxygen atoms in total. The summed E-state index contributed by atoms with van der Waals surface area (Å²) in [6.07, 6.45) is 2.70. The number of carbonyl (C=O) groups is 2. The van der Waals surface area contributed by atoms with E-state index in [2.05, 4.69) is 34.8 Å². The number of amides is 2. The van der Waals surface area contributed by atoms with E-state index < -0.39 is 5.92 Å². The maximum Gasteiger partial charge on any atom is 0.260 e. The van der Waals surface area contributed by atoms with Gasteiger partial charge in [0.05, 0.1) is 22.2 Å². The molecule has 29 heavy (non-hydrogen) atoms. The molecule has 0 saturated carbocycles. The first kappa shape index (κ1) is 19.3. The Labute approximate surface area is 174 Å². The second kappa shape index (κ2) is 8.13. The van der Waals surface area contributed by atoms with Gasteiger partial charge in [-0.25, -0.2) is 0 Å². The van der Waals surface area contributed by atoms with Crippen LogP contribution in [0.5, 0.6) is 0 Å². The van der Waals surface area contributed by atoms with Crippen molar-refractivity contribution >= 4 is 40.7 Å². The summed E-state index contributed by atoms with van der Waals surface area (Å²) in [6.45, 7) is 3.92. The number of para-hydroxylation sites is 1. The van der Waals surface area contributed by atoms with Gasteiger partial charge in [0.25, 0.3) is 11.8 Å². The number of hydrogen-bond acceptors (Lipinski definition) is 5. The molecular formula is C22H22N4O2S. The lowest BCUT2D eigenvalue weighted by Gasteiger charge is -2.13. The predicted molar refractivity (Wildman–Crippen MR) is 118 cm³/mol. The van der Waals surface area contributed by atoms with Crippen molar-refractivity contribution in [3.8, 4) is 0 Å². The molecule has 2 amide bonds. The quantitative estimate of drug-likeness (QED) is 0.742. The third-order valence-corrected chi connectivity index (χ3v) is 5.94. The van der Waals surface area contributed by atoms with E-state index in [1.54, 1.807) is 6.08 Å². The molecule has 4 rings (SSSR count). The van der Waals surface area contributed by atoms with E-state index in [4.69, 9.17) is 0 Å². The minimum atomic E-state index is -0.536. The number of hydrazone groups is 1. The highest BCUT2D eigenvalue weighted by atomic mass is 32.2. The highest BCUT2D eigenvalue weighted by Gasteiger charge is 2.36. The zero-order valence-electron chi connectivity index (χ0n) is 16.3. The van der Waals surface area contributed by atoms with E-state index in [0.29, 0.717) is 10.6 Å². The fourth-order valence-electron chi connectivity index (χ4n) is 3.25. The lowest BCUT2D eigenvalue weighted by molar-refractivity contribution is -0.118. The van der Waals surface area contributed by atoms with E-state index >= 15 is 0 Å². The first-order valence-electron chi connectivity index (χ1n) is 9.54. The van der Waals surface area contributed by atoms with Gasteiger partial charge >= 0.3 is 0 Å². The zero-order valence-corrected chi connectivity index (χ0v) is 17.1. The van der Waals surface area contributed by atoms with Crippen LogP contribution in [0.3, 0.4) is 0 Å². The average Bonchev–Trinajstić information content (AvgIpc) is 3.23. The third kappa shape index (κ3) is 4.05. The molecule has 0 aromatic heterocycles. The van der Waals surface area contributed by atoms with Gasteiger partial charge in [-0.3, -0.25) is 9.59 Å². The van der Waals surface area contributed by atoms with Crippen molar-refractivity contribution < 1.29 is 9.59 Å². The van der Waals surface area contributed by atoms with Crippen LogP contribution in [-0.4, -0.2) is 23.0 Å². The Balaban J connectivity index is 1.46. The van der Waals surface area contributed by atoms with Gasteiger partial charge in [0, 0.05) is 5.69 Å². The number of carbonyl (C=O) groups excluding carboxylic acids is 2. The summed E-state index contributed by atoms with van der Waals surface area (Å²) in [5.74, 6) is -0.872. The molecule has 7 heteroatoms. The van der Waals surface area contributed by atoms with Gasteiger partial charge < -0.3 is 10.6 Å². The first-order chi connectivity index (χ1) is 14.0. The Morgan fingerprint density at radius 2 is 1.86 bits per heavy atom. The van der Waals surface area contributed by atoms with E-state index in [1.165, 1.54) is 22.3 Å². The van der Waals surface area contributed by atoms with Crippen LogP contribution in [-0.2, 0) is 16.0 Å². The van der Waals surface area contributed by atoms with E-state index in [1.807, 2.05) is 49.4 Å². The highest BCUT2D eigenvalue weighted by Crippen LogP contribution is 2.32. The first-order valence-corrected chi connectivity index (χ1v) is 10.4. The normalized spacial score (nSPS) is 22.8.